The number of anilines is 1. The van der Waals surface area contributed by atoms with Crippen LogP contribution in [-0.4, -0.2) is 38.9 Å². The number of carbonyl (C=O) groups is 1. The monoisotopic (exact) mass is 432 g/mol. The van der Waals surface area contributed by atoms with Crippen molar-refractivity contribution >= 4 is 23.1 Å². The molecule has 3 aromatic rings. The standard InChI is InChI=1S/C21H19F3N4O3/c22-21(23,24)12-4-5-16(18(8-12)31-11-29)19-15-6-7-25-10-17(15)20(28-27-19)26-13-2-1-3-14(30)9-13/h4-8,10-11,13-14,30H,1-3,9H2,(H,26,28)/t13-,14+/m1/s1. The predicted octanol–water partition coefficient (Wildman–Crippen LogP) is 3.96. The molecule has 0 amide bonds. The van der Waals surface area contributed by atoms with Crippen molar-refractivity contribution in [3.63, 3.8) is 0 Å². The van der Waals surface area contributed by atoms with Gasteiger partial charge in [-0.15, -0.1) is 10.2 Å². The van der Waals surface area contributed by atoms with Gasteiger partial charge in [0.2, 0.25) is 0 Å². The van der Waals surface area contributed by atoms with E-state index < -0.39 is 11.7 Å². The molecule has 2 aromatic heterocycles. The highest BCUT2D eigenvalue weighted by Crippen LogP contribution is 2.39. The summed E-state index contributed by atoms with van der Waals surface area (Å²) in [7, 11) is 0. The van der Waals surface area contributed by atoms with Crippen molar-refractivity contribution in [2.24, 2.45) is 0 Å². The molecule has 2 heterocycles. The Labute approximate surface area is 175 Å². The number of pyridine rings is 1. The normalized spacial score (nSPS) is 19.2. The van der Waals surface area contributed by atoms with Crippen LogP contribution in [0.4, 0.5) is 19.0 Å². The summed E-state index contributed by atoms with van der Waals surface area (Å²) in [6, 6.07) is 4.55. The van der Waals surface area contributed by atoms with E-state index in [2.05, 4.69) is 20.5 Å². The van der Waals surface area contributed by atoms with Gasteiger partial charge in [-0.3, -0.25) is 9.78 Å². The van der Waals surface area contributed by atoms with Crippen LogP contribution in [0.2, 0.25) is 0 Å². The molecule has 7 nitrogen and oxygen atoms in total. The van der Waals surface area contributed by atoms with Crippen LogP contribution in [0.3, 0.4) is 0 Å². The van der Waals surface area contributed by atoms with Crippen LogP contribution >= 0.6 is 0 Å². The van der Waals surface area contributed by atoms with E-state index in [1.807, 2.05) is 0 Å². The summed E-state index contributed by atoms with van der Waals surface area (Å²) in [5, 5.41) is 22.8. The Hall–Kier alpha value is -3.27. The second-order valence-electron chi connectivity index (χ2n) is 7.40. The van der Waals surface area contributed by atoms with Gasteiger partial charge in [0, 0.05) is 34.8 Å². The van der Waals surface area contributed by atoms with Gasteiger partial charge in [0.1, 0.15) is 11.4 Å². The molecule has 0 aliphatic heterocycles. The number of nitrogens with one attached hydrogen (secondary N) is 1. The summed E-state index contributed by atoms with van der Waals surface area (Å²) in [5.74, 6) is 0.198. The summed E-state index contributed by atoms with van der Waals surface area (Å²) in [6.07, 6.45) is 1.26. The Morgan fingerprint density at radius 2 is 2.00 bits per heavy atom. The molecule has 1 aliphatic rings. The third kappa shape index (κ3) is 4.43. The number of ether oxygens (including phenoxy) is 1. The molecule has 1 saturated carbocycles. The number of carbonyl (C=O) groups excluding carboxylic acids is 1. The van der Waals surface area contributed by atoms with Gasteiger partial charge in [-0.1, -0.05) is 0 Å². The lowest BCUT2D eigenvalue weighted by Crippen LogP contribution is -2.30. The van der Waals surface area contributed by atoms with Crippen LogP contribution in [0.15, 0.2) is 36.7 Å². The number of rotatable bonds is 5. The molecule has 2 N–H and O–H groups in total. The third-order valence-electron chi connectivity index (χ3n) is 5.31. The number of halogens is 3. The zero-order chi connectivity index (χ0) is 22.0. The maximum atomic E-state index is 13.1. The minimum Gasteiger partial charge on any atom is -0.428 e. The average Bonchev–Trinajstić information content (AvgIpc) is 2.74. The van der Waals surface area contributed by atoms with Gasteiger partial charge < -0.3 is 15.2 Å². The second-order valence-corrected chi connectivity index (χ2v) is 7.40. The molecule has 0 unspecified atom stereocenters. The first kappa shape index (κ1) is 21.0. The van der Waals surface area contributed by atoms with Crippen LogP contribution in [-0.2, 0) is 11.0 Å². The van der Waals surface area contributed by atoms with Gasteiger partial charge in [-0.25, -0.2) is 0 Å². The first-order chi connectivity index (χ1) is 14.9. The van der Waals surface area contributed by atoms with Crippen molar-refractivity contribution in [2.45, 2.75) is 44.0 Å². The van der Waals surface area contributed by atoms with Crippen LogP contribution in [0.5, 0.6) is 5.75 Å². The Morgan fingerprint density at radius 3 is 2.74 bits per heavy atom. The van der Waals surface area contributed by atoms with Gasteiger partial charge in [0.05, 0.1) is 11.7 Å². The van der Waals surface area contributed by atoms with E-state index in [1.165, 1.54) is 12.3 Å². The van der Waals surface area contributed by atoms with E-state index in [-0.39, 0.29) is 35.6 Å². The topological polar surface area (TPSA) is 97.2 Å². The highest BCUT2D eigenvalue weighted by atomic mass is 19.4. The molecular formula is C21H19F3N4O3. The van der Waals surface area contributed by atoms with E-state index in [0.717, 1.165) is 31.4 Å². The maximum Gasteiger partial charge on any atom is 0.416 e. The number of aliphatic hydroxyl groups excluding tert-OH is 1. The number of hydrogen-bond acceptors (Lipinski definition) is 7. The summed E-state index contributed by atoms with van der Waals surface area (Å²) in [6.45, 7) is 0.0699. The van der Waals surface area contributed by atoms with Crippen LogP contribution < -0.4 is 10.1 Å². The van der Waals surface area contributed by atoms with E-state index in [4.69, 9.17) is 4.74 Å². The van der Waals surface area contributed by atoms with Gasteiger partial charge in [-0.05, 0) is 49.9 Å². The molecule has 1 fully saturated rings. The highest BCUT2D eigenvalue weighted by molar-refractivity contribution is 6.00. The van der Waals surface area contributed by atoms with E-state index in [0.29, 0.717) is 23.0 Å². The van der Waals surface area contributed by atoms with E-state index in [1.54, 1.807) is 12.3 Å². The summed E-state index contributed by atoms with van der Waals surface area (Å²) < 4.78 is 44.1. The molecule has 2 atom stereocenters. The number of fused-ring (bicyclic) bond motifs is 1. The van der Waals surface area contributed by atoms with E-state index in [9.17, 15) is 23.1 Å². The molecule has 0 bridgehead atoms. The Kier molecular flexibility index (Phi) is 5.73. The number of benzene rings is 1. The first-order valence-corrected chi connectivity index (χ1v) is 9.73. The summed E-state index contributed by atoms with van der Waals surface area (Å²) in [4.78, 5) is 15.0. The van der Waals surface area contributed by atoms with Gasteiger partial charge in [0.25, 0.3) is 6.47 Å². The molecule has 1 aromatic carbocycles. The van der Waals surface area contributed by atoms with Crippen molar-refractivity contribution in [3.8, 4) is 17.0 Å². The van der Waals surface area contributed by atoms with Crippen molar-refractivity contribution < 1.29 is 27.8 Å². The van der Waals surface area contributed by atoms with Crippen LogP contribution in [0.25, 0.3) is 22.0 Å². The molecule has 4 rings (SSSR count). The Morgan fingerprint density at radius 1 is 1.16 bits per heavy atom. The average molecular weight is 432 g/mol. The SMILES string of the molecule is O=COc1cc(C(F)(F)F)ccc1-c1nnc(N[C@@H]2CCC[C@H](O)C2)c2cnccc12. The van der Waals surface area contributed by atoms with Crippen LogP contribution in [0, 0.1) is 0 Å². The predicted molar refractivity (Wildman–Crippen MR) is 106 cm³/mol. The first-order valence-electron chi connectivity index (χ1n) is 9.73. The minimum absolute atomic E-state index is 0.0207. The summed E-state index contributed by atoms with van der Waals surface area (Å²) >= 11 is 0. The van der Waals surface area contributed by atoms with Crippen molar-refractivity contribution in [2.75, 3.05) is 5.32 Å². The van der Waals surface area contributed by atoms with Crippen molar-refractivity contribution in [3.05, 3.63) is 42.2 Å². The van der Waals surface area contributed by atoms with Crippen molar-refractivity contribution in [1.82, 2.24) is 15.2 Å². The van der Waals surface area contributed by atoms with E-state index >= 15 is 0 Å². The number of aliphatic hydroxyl groups is 1. The Balaban J connectivity index is 1.78. The maximum absolute atomic E-state index is 13.1. The lowest BCUT2D eigenvalue weighted by Gasteiger charge is -2.27. The fourth-order valence-corrected chi connectivity index (χ4v) is 3.84. The van der Waals surface area contributed by atoms with Gasteiger partial charge in [-0.2, -0.15) is 13.2 Å². The third-order valence-corrected chi connectivity index (χ3v) is 5.31. The largest absolute Gasteiger partial charge is 0.428 e. The minimum atomic E-state index is -4.59. The molecule has 162 valence electrons. The summed E-state index contributed by atoms with van der Waals surface area (Å²) in [5.41, 5.74) is -0.484. The highest BCUT2D eigenvalue weighted by Gasteiger charge is 2.32. The molecule has 0 spiro atoms. The van der Waals surface area contributed by atoms with Gasteiger partial charge in [0.15, 0.2) is 5.82 Å². The molecule has 0 saturated heterocycles. The zero-order valence-electron chi connectivity index (χ0n) is 16.3. The number of nitrogens with zero attached hydrogens (tertiary/aromatic N) is 3. The van der Waals surface area contributed by atoms with Crippen LogP contribution in [0.1, 0.15) is 31.2 Å². The molecule has 31 heavy (non-hydrogen) atoms. The molecule has 10 heteroatoms. The number of aromatic nitrogens is 3. The molecular weight excluding hydrogens is 413 g/mol. The second kappa shape index (κ2) is 8.46. The fraction of sp³-hybridized carbons (Fsp3) is 0.333. The lowest BCUT2D eigenvalue weighted by molar-refractivity contribution is -0.138. The van der Waals surface area contributed by atoms with Crippen molar-refractivity contribution in [1.29, 1.82) is 0 Å². The Bertz CT molecular complexity index is 1110. The quantitative estimate of drug-likeness (QED) is 0.589. The number of alkyl halides is 3. The fourth-order valence-electron chi connectivity index (χ4n) is 3.84. The smallest absolute Gasteiger partial charge is 0.416 e. The molecule has 1 aliphatic carbocycles. The zero-order valence-corrected chi connectivity index (χ0v) is 16.3. The lowest BCUT2D eigenvalue weighted by atomic mass is 9.93. The molecule has 0 radical (unpaired) electrons. The van der Waals surface area contributed by atoms with Gasteiger partial charge >= 0.3 is 6.18 Å². The number of hydrogen-bond donors (Lipinski definition) is 2.